The number of rotatable bonds is 4. The van der Waals surface area contributed by atoms with E-state index < -0.39 is 10.0 Å². The van der Waals surface area contributed by atoms with Gasteiger partial charge in [0.2, 0.25) is 15.9 Å². The summed E-state index contributed by atoms with van der Waals surface area (Å²) in [5.74, 6) is 0.501. The number of piperidine rings is 1. The molecule has 132 valence electrons. The van der Waals surface area contributed by atoms with Gasteiger partial charge in [0.1, 0.15) is 4.90 Å². The second kappa shape index (κ2) is 5.96. The van der Waals surface area contributed by atoms with Gasteiger partial charge in [-0.05, 0) is 24.0 Å². The summed E-state index contributed by atoms with van der Waals surface area (Å²) in [5, 5.41) is 9.04. The molecule has 5 rings (SSSR count). The van der Waals surface area contributed by atoms with Gasteiger partial charge in [0.15, 0.2) is 0 Å². The van der Waals surface area contributed by atoms with E-state index in [9.17, 15) is 13.2 Å². The molecule has 1 aromatic heterocycles. The smallest absolute Gasteiger partial charge is 0.241 e. The van der Waals surface area contributed by atoms with Crippen molar-refractivity contribution in [1.29, 1.82) is 0 Å². The van der Waals surface area contributed by atoms with Gasteiger partial charge in [-0.1, -0.05) is 24.3 Å². The first-order chi connectivity index (χ1) is 11.9. The second-order valence-corrected chi connectivity index (χ2v) is 8.26. The third-order valence-electron chi connectivity index (χ3n) is 5.19. The lowest BCUT2D eigenvalue weighted by atomic mass is 9.75. The molecule has 2 aliphatic heterocycles. The molecule has 1 fully saturated rings. The lowest BCUT2D eigenvalue weighted by Crippen LogP contribution is -2.45. The van der Waals surface area contributed by atoms with Crippen LogP contribution in [-0.4, -0.2) is 35.6 Å². The zero-order valence-corrected chi connectivity index (χ0v) is 14.5. The summed E-state index contributed by atoms with van der Waals surface area (Å²) < 4.78 is 24.0. The number of sulfonamides is 1. The number of aromatic nitrogens is 2. The molecular formula is C17H20N4O3S. The fourth-order valence-electron chi connectivity index (χ4n) is 3.98. The highest BCUT2D eigenvalue weighted by atomic mass is 32.2. The van der Waals surface area contributed by atoms with Gasteiger partial charge in [-0.3, -0.25) is 9.48 Å². The Bertz CT molecular complexity index is 921. The second-order valence-electron chi connectivity index (χ2n) is 6.70. The zero-order chi connectivity index (χ0) is 17.6. The van der Waals surface area contributed by atoms with Crippen LogP contribution in [-0.2, 0) is 21.4 Å². The van der Waals surface area contributed by atoms with E-state index in [0.717, 1.165) is 19.4 Å². The van der Waals surface area contributed by atoms with Crippen molar-refractivity contribution >= 4 is 15.9 Å². The minimum absolute atomic E-state index is 0.0362. The Hall–Kier alpha value is -2.19. The zero-order valence-electron chi connectivity index (χ0n) is 13.7. The van der Waals surface area contributed by atoms with Gasteiger partial charge in [0.25, 0.3) is 0 Å². The van der Waals surface area contributed by atoms with E-state index in [0.29, 0.717) is 12.5 Å². The van der Waals surface area contributed by atoms with E-state index in [1.165, 1.54) is 28.2 Å². The van der Waals surface area contributed by atoms with Gasteiger partial charge >= 0.3 is 0 Å². The number of fused-ring (bicyclic) bond motifs is 2. The average molecular weight is 360 g/mol. The number of hydrogen-bond acceptors (Lipinski definition) is 4. The van der Waals surface area contributed by atoms with Crippen LogP contribution in [0.4, 0.5) is 0 Å². The van der Waals surface area contributed by atoms with E-state index in [4.69, 9.17) is 5.14 Å². The number of primary sulfonamides is 1. The Morgan fingerprint density at radius 3 is 2.72 bits per heavy atom. The van der Waals surface area contributed by atoms with Gasteiger partial charge in [0.05, 0.1) is 12.2 Å². The molecule has 7 nitrogen and oxygen atoms in total. The topological polar surface area (TPSA) is 98.3 Å². The normalized spacial score (nSPS) is 22.0. The number of hydrogen-bond donors (Lipinski definition) is 1. The number of carbonyl (C=O) groups excluding carboxylic acids is 1. The molecule has 0 spiro atoms. The standard InChI is InChI=1S/C17H20N4O3S/c18-25(23,24)13-9-19-20(11-13)8-7-17(22)21-10-12-5-6-16(21)15-4-2-1-3-14(12)15/h1-4,9,11-12,16H,5-8,10H2,(H2,18,23,24)/t12-,16+/m1/s1. The monoisotopic (exact) mass is 360 g/mol. The van der Waals surface area contributed by atoms with E-state index in [-0.39, 0.29) is 23.3 Å². The maximum atomic E-state index is 12.7. The number of nitrogens with zero attached hydrogens (tertiary/aromatic N) is 3. The van der Waals surface area contributed by atoms with Crippen LogP contribution in [0.5, 0.6) is 0 Å². The predicted molar refractivity (Wildman–Crippen MR) is 91.1 cm³/mol. The van der Waals surface area contributed by atoms with Crippen molar-refractivity contribution < 1.29 is 13.2 Å². The predicted octanol–water partition coefficient (Wildman–Crippen LogP) is 1.38. The Morgan fingerprint density at radius 2 is 2.00 bits per heavy atom. The van der Waals surface area contributed by atoms with Crippen LogP contribution >= 0.6 is 0 Å². The van der Waals surface area contributed by atoms with Crippen molar-refractivity contribution in [1.82, 2.24) is 14.7 Å². The quantitative estimate of drug-likeness (QED) is 0.890. The van der Waals surface area contributed by atoms with Crippen LogP contribution in [0.25, 0.3) is 0 Å². The Morgan fingerprint density at radius 1 is 1.24 bits per heavy atom. The largest absolute Gasteiger partial charge is 0.335 e. The minimum Gasteiger partial charge on any atom is -0.335 e. The van der Waals surface area contributed by atoms with Crippen molar-refractivity contribution in [3.05, 3.63) is 47.8 Å². The number of nitrogens with two attached hydrogens (primary N) is 1. The average Bonchev–Trinajstić information content (AvgIpc) is 3.10. The first-order valence-corrected chi connectivity index (χ1v) is 9.91. The summed E-state index contributed by atoms with van der Waals surface area (Å²) >= 11 is 0. The van der Waals surface area contributed by atoms with E-state index in [1.807, 2.05) is 11.0 Å². The number of carbonyl (C=O) groups is 1. The van der Waals surface area contributed by atoms with Crippen molar-refractivity contribution in [3.8, 4) is 0 Å². The summed E-state index contributed by atoms with van der Waals surface area (Å²) in [4.78, 5) is 14.7. The van der Waals surface area contributed by atoms with Crippen LogP contribution < -0.4 is 5.14 Å². The summed E-state index contributed by atoms with van der Waals surface area (Å²) in [6.07, 6.45) is 4.99. The molecule has 25 heavy (non-hydrogen) atoms. The van der Waals surface area contributed by atoms with Crippen LogP contribution in [0.2, 0.25) is 0 Å². The lowest BCUT2D eigenvalue weighted by Gasteiger charge is -2.46. The summed E-state index contributed by atoms with van der Waals surface area (Å²) in [5.41, 5.74) is 2.65. The molecule has 2 N–H and O–H groups in total. The van der Waals surface area contributed by atoms with E-state index in [1.54, 1.807) is 0 Å². The van der Waals surface area contributed by atoms with E-state index >= 15 is 0 Å². The number of aryl methyl sites for hydroxylation is 1. The molecule has 2 aromatic rings. The molecular weight excluding hydrogens is 340 g/mol. The van der Waals surface area contributed by atoms with Gasteiger partial charge < -0.3 is 4.90 Å². The molecule has 0 saturated carbocycles. The van der Waals surface area contributed by atoms with Crippen molar-refractivity contribution in [3.63, 3.8) is 0 Å². The van der Waals surface area contributed by atoms with Crippen molar-refractivity contribution in [2.24, 2.45) is 5.14 Å². The SMILES string of the molecule is NS(=O)(=O)c1cnn(CCC(=O)N2C[C@H]3CC[C@H]2c2ccccc23)c1. The highest BCUT2D eigenvalue weighted by Crippen LogP contribution is 2.46. The van der Waals surface area contributed by atoms with Crippen molar-refractivity contribution in [2.75, 3.05) is 6.54 Å². The van der Waals surface area contributed by atoms with Gasteiger partial charge in [-0.15, -0.1) is 0 Å². The van der Waals surface area contributed by atoms with Crippen molar-refractivity contribution in [2.45, 2.75) is 42.7 Å². The van der Waals surface area contributed by atoms with Gasteiger partial charge in [-0.25, -0.2) is 13.6 Å². The fourth-order valence-corrected chi connectivity index (χ4v) is 4.44. The molecule has 8 heteroatoms. The fraction of sp³-hybridized carbons (Fsp3) is 0.412. The highest BCUT2D eigenvalue weighted by molar-refractivity contribution is 7.89. The minimum atomic E-state index is -3.76. The molecule has 0 radical (unpaired) electrons. The molecule has 3 aliphatic rings. The van der Waals surface area contributed by atoms with Crippen LogP contribution in [0.3, 0.4) is 0 Å². The Kier molecular flexibility index (Phi) is 3.88. The van der Waals surface area contributed by atoms with Crippen LogP contribution in [0, 0.1) is 0 Å². The Labute approximate surface area is 146 Å². The molecule has 1 aliphatic carbocycles. The molecule has 3 heterocycles. The molecule has 0 unspecified atom stereocenters. The Balaban J connectivity index is 1.45. The summed E-state index contributed by atoms with van der Waals surface area (Å²) in [6, 6.07) is 8.54. The molecule has 2 bridgehead atoms. The highest BCUT2D eigenvalue weighted by Gasteiger charge is 2.39. The molecule has 2 atom stereocenters. The molecule has 1 aromatic carbocycles. The van der Waals surface area contributed by atoms with Gasteiger partial charge in [-0.2, -0.15) is 5.10 Å². The molecule has 1 saturated heterocycles. The van der Waals surface area contributed by atoms with E-state index in [2.05, 4.69) is 23.3 Å². The first-order valence-electron chi connectivity index (χ1n) is 8.37. The number of amides is 1. The lowest BCUT2D eigenvalue weighted by molar-refractivity contribution is -0.136. The molecule has 1 amide bonds. The van der Waals surface area contributed by atoms with Crippen LogP contribution in [0.15, 0.2) is 41.6 Å². The third kappa shape index (κ3) is 2.96. The van der Waals surface area contributed by atoms with Gasteiger partial charge in [0, 0.05) is 31.6 Å². The third-order valence-corrected chi connectivity index (χ3v) is 6.06. The van der Waals surface area contributed by atoms with Crippen LogP contribution in [0.1, 0.15) is 42.3 Å². The first kappa shape index (κ1) is 16.3. The summed E-state index contributed by atoms with van der Waals surface area (Å²) in [7, 11) is -3.76. The maximum Gasteiger partial charge on any atom is 0.241 e. The summed E-state index contributed by atoms with van der Waals surface area (Å²) in [6.45, 7) is 1.10. The number of benzene rings is 1. The maximum absolute atomic E-state index is 12.7.